The lowest BCUT2D eigenvalue weighted by Crippen LogP contribution is -2.13. The van der Waals surface area contributed by atoms with Crippen LogP contribution in [0.25, 0.3) is 11.1 Å². The average molecular weight is 410 g/mol. The SMILES string of the molecule is CCCCNc1ccc(C(=O)Nc2nc(C)c([N+](=O)[O-])s2)c(-c2ccccc2)c1. The van der Waals surface area contributed by atoms with Gasteiger partial charge in [0.1, 0.15) is 5.69 Å². The van der Waals surface area contributed by atoms with Gasteiger partial charge in [-0.3, -0.25) is 20.2 Å². The molecule has 0 spiro atoms. The van der Waals surface area contributed by atoms with E-state index in [2.05, 4.69) is 22.5 Å². The van der Waals surface area contributed by atoms with E-state index in [1.807, 2.05) is 42.5 Å². The van der Waals surface area contributed by atoms with Crippen LogP contribution in [0.4, 0.5) is 15.8 Å². The van der Waals surface area contributed by atoms with Crippen LogP contribution in [0, 0.1) is 17.0 Å². The number of amides is 1. The van der Waals surface area contributed by atoms with Crippen molar-refractivity contribution in [1.82, 2.24) is 4.98 Å². The quantitative estimate of drug-likeness (QED) is 0.291. The molecule has 0 aliphatic heterocycles. The maximum absolute atomic E-state index is 12.9. The monoisotopic (exact) mass is 410 g/mol. The van der Waals surface area contributed by atoms with Crippen LogP contribution in [0.1, 0.15) is 35.8 Å². The molecule has 2 N–H and O–H groups in total. The number of carbonyl (C=O) groups is 1. The van der Waals surface area contributed by atoms with Crippen LogP contribution in [-0.2, 0) is 0 Å². The first kappa shape index (κ1) is 20.5. The third kappa shape index (κ3) is 4.97. The van der Waals surface area contributed by atoms with E-state index in [1.54, 1.807) is 13.0 Å². The summed E-state index contributed by atoms with van der Waals surface area (Å²) in [5.74, 6) is -0.354. The largest absolute Gasteiger partial charge is 0.385 e. The molecule has 1 amide bonds. The number of nitrogens with zero attached hydrogens (tertiary/aromatic N) is 2. The van der Waals surface area contributed by atoms with E-state index < -0.39 is 4.92 Å². The number of nitro groups is 1. The molecule has 0 unspecified atom stereocenters. The molecule has 0 atom stereocenters. The zero-order chi connectivity index (χ0) is 20.8. The highest BCUT2D eigenvalue weighted by atomic mass is 32.1. The molecule has 0 bridgehead atoms. The van der Waals surface area contributed by atoms with Gasteiger partial charge in [0.15, 0.2) is 5.13 Å². The molecule has 0 aliphatic carbocycles. The van der Waals surface area contributed by atoms with Gasteiger partial charge in [-0.15, -0.1) is 0 Å². The van der Waals surface area contributed by atoms with Gasteiger partial charge < -0.3 is 5.32 Å². The van der Waals surface area contributed by atoms with Gasteiger partial charge in [-0.2, -0.15) is 0 Å². The minimum Gasteiger partial charge on any atom is -0.385 e. The Morgan fingerprint density at radius 2 is 1.97 bits per heavy atom. The Morgan fingerprint density at radius 1 is 1.21 bits per heavy atom. The third-order valence-electron chi connectivity index (χ3n) is 4.37. The lowest BCUT2D eigenvalue weighted by molar-refractivity contribution is -0.380. The molecule has 3 rings (SSSR count). The van der Waals surface area contributed by atoms with Crippen LogP contribution < -0.4 is 10.6 Å². The van der Waals surface area contributed by atoms with E-state index in [4.69, 9.17) is 0 Å². The molecule has 1 heterocycles. The van der Waals surface area contributed by atoms with Gasteiger partial charge in [0.2, 0.25) is 0 Å². The molecule has 150 valence electrons. The summed E-state index contributed by atoms with van der Waals surface area (Å²) in [7, 11) is 0. The number of thiazole rings is 1. The number of carbonyl (C=O) groups excluding carboxylic acids is 1. The summed E-state index contributed by atoms with van der Waals surface area (Å²) >= 11 is 0.855. The third-order valence-corrected chi connectivity index (χ3v) is 5.39. The standard InChI is InChI=1S/C21H22N4O3S/c1-3-4-12-22-16-10-11-17(18(13-16)15-8-6-5-7-9-15)19(26)24-21-23-14(2)20(29-21)25(27)28/h5-11,13,22H,3-4,12H2,1-2H3,(H,23,24,26). The number of rotatable bonds is 8. The second-order valence-electron chi connectivity index (χ2n) is 6.53. The van der Waals surface area contributed by atoms with Crippen LogP contribution in [0.3, 0.4) is 0 Å². The van der Waals surface area contributed by atoms with Crippen molar-refractivity contribution in [2.24, 2.45) is 0 Å². The van der Waals surface area contributed by atoms with Crippen molar-refractivity contribution in [2.45, 2.75) is 26.7 Å². The molecule has 2 aromatic carbocycles. The molecule has 0 aliphatic rings. The highest BCUT2D eigenvalue weighted by molar-refractivity contribution is 7.19. The minimum atomic E-state index is -0.491. The van der Waals surface area contributed by atoms with Crippen LogP contribution in [0.2, 0.25) is 0 Å². The van der Waals surface area contributed by atoms with Gasteiger partial charge in [-0.05, 0) is 54.0 Å². The fourth-order valence-corrected chi connectivity index (χ4v) is 3.67. The molecule has 3 aromatic rings. The molecule has 0 saturated heterocycles. The van der Waals surface area contributed by atoms with Crippen LogP contribution in [0.15, 0.2) is 48.5 Å². The van der Waals surface area contributed by atoms with Crippen molar-refractivity contribution in [3.8, 4) is 11.1 Å². The summed E-state index contributed by atoms with van der Waals surface area (Å²) in [6.45, 7) is 4.55. The lowest BCUT2D eigenvalue weighted by atomic mass is 9.98. The van der Waals surface area contributed by atoms with Gasteiger partial charge in [0, 0.05) is 17.8 Å². The highest BCUT2D eigenvalue weighted by Gasteiger charge is 2.20. The fraction of sp³-hybridized carbons (Fsp3) is 0.238. The summed E-state index contributed by atoms with van der Waals surface area (Å²) in [5.41, 5.74) is 3.40. The van der Waals surface area contributed by atoms with Gasteiger partial charge in [0.05, 0.1) is 4.92 Å². The number of hydrogen-bond donors (Lipinski definition) is 2. The molecule has 1 aromatic heterocycles. The molecule has 0 radical (unpaired) electrons. The number of unbranched alkanes of at least 4 members (excludes halogenated alkanes) is 1. The first-order valence-electron chi connectivity index (χ1n) is 9.36. The Kier molecular flexibility index (Phi) is 6.56. The molecule has 7 nitrogen and oxygen atoms in total. The number of aromatic nitrogens is 1. The van der Waals surface area contributed by atoms with Crippen molar-refractivity contribution in [1.29, 1.82) is 0 Å². The maximum Gasteiger partial charge on any atom is 0.348 e. The fourth-order valence-electron chi connectivity index (χ4n) is 2.89. The smallest absolute Gasteiger partial charge is 0.348 e. The summed E-state index contributed by atoms with van der Waals surface area (Å²) in [4.78, 5) is 27.6. The van der Waals surface area contributed by atoms with E-state index in [0.717, 1.165) is 47.5 Å². The van der Waals surface area contributed by atoms with Gasteiger partial charge in [0.25, 0.3) is 5.91 Å². The Balaban J connectivity index is 1.91. The minimum absolute atomic E-state index is 0.0703. The Hall–Kier alpha value is -3.26. The number of hydrogen-bond acceptors (Lipinski definition) is 6. The first-order valence-corrected chi connectivity index (χ1v) is 10.2. The predicted molar refractivity (Wildman–Crippen MR) is 117 cm³/mol. The van der Waals surface area contributed by atoms with Crippen LogP contribution >= 0.6 is 11.3 Å². The Bertz CT molecular complexity index is 1020. The number of nitrogens with one attached hydrogen (secondary N) is 2. The molecule has 0 saturated carbocycles. The Morgan fingerprint density at radius 3 is 2.62 bits per heavy atom. The number of anilines is 2. The first-order chi connectivity index (χ1) is 14.0. The maximum atomic E-state index is 12.9. The lowest BCUT2D eigenvalue weighted by Gasteiger charge is -2.13. The van der Waals surface area contributed by atoms with Crippen molar-refractivity contribution in [3.63, 3.8) is 0 Å². The normalized spacial score (nSPS) is 10.6. The summed E-state index contributed by atoms with van der Waals surface area (Å²) in [6, 6.07) is 15.2. The average Bonchev–Trinajstić information content (AvgIpc) is 3.09. The van der Waals surface area contributed by atoms with Crippen LogP contribution in [0.5, 0.6) is 0 Å². The van der Waals surface area contributed by atoms with Crippen molar-refractivity contribution in [2.75, 3.05) is 17.2 Å². The van der Waals surface area contributed by atoms with Crippen molar-refractivity contribution < 1.29 is 9.72 Å². The van der Waals surface area contributed by atoms with Crippen molar-refractivity contribution in [3.05, 3.63) is 69.9 Å². The van der Waals surface area contributed by atoms with E-state index in [-0.39, 0.29) is 21.7 Å². The van der Waals surface area contributed by atoms with Gasteiger partial charge >= 0.3 is 5.00 Å². The van der Waals surface area contributed by atoms with E-state index in [9.17, 15) is 14.9 Å². The molecule has 29 heavy (non-hydrogen) atoms. The second kappa shape index (κ2) is 9.29. The topological polar surface area (TPSA) is 97.2 Å². The van der Waals surface area contributed by atoms with Gasteiger partial charge in [-0.25, -0.2) is 4.98 Å². The number of benzene rings is 2. The summed E-state index contributed by atoms with van der Waals surface area (Å²) in [5, 5.41) is 17.3. The second-order valence-corrected chi connectivity index (χ2v) is 7.51. The molecule has 0 fully saturated rings. The molecular formula is C21H22N4O3S. The van der Waals surface area contributed by atoms with E-state index >= 15 is 0 Å². The van der Waals surface area contributed by atoms with Gasteiger partial charge in [-0.1, -0.05) is 43.7 Å². The highest BCUT2D eigenvalue weighted by Crippen LogP contribution is 2.32. The number of aryl methyl sites for hydroxylation is 1. The molecule has 8 heteroatoms. The molecular weight excluding hydrogens is 388 g/mol. The summed E-state index contributed by atoms with van der Waals surface area (Å²) in [6.07, 6.45) is 2.16. The van der Waals surface area contributed by atoms with E-state index in [1.165, 1.54) is 0 Å². The zero-order valence-electron chi connectivity index (χ0n) is 16.3. The van der Waals surface area contributed by atoms with Crippen LogP contribution in [-0.4, -0.2) is 22.4 Å². The van der Waals surface area contributed by atoms with E-state index in [0.29, 0.717) is 5.56 Å². The Labute approximate surface area is 173 Å². The van der Waals surface area contributed by atoms with Crippen molar-refractivity contribution >= 4 is 33.1 Å². The summed E-state index contributed by atoms with van der Waals surface area (Å²) < 4.78 is 0. The zero-order valence-corrected chi connectivity index (χ0v) is 17.1. The predicted octanol–water partition coefficient (Wildman–Crippen LogP) is 5.49.